The molecule has 0 atom stereocenters. The standard InChI is InChI=1S/C15H15F3N4O/c1-22(8-12(23)19-9-6-7-9)13-10-4-2-3-5-11(10)20-14(21-13)15(16,17)18/h2-5,9H,6-8H2,1H3,(H,19,23). The SMILES string of the molecule is CN(CC(=O)NC1CC1)c1nc(C(F)(F)F)nc2ccccc12. The number of hydrogen-bond acceptors (Lipinski definition) is 4. The van der Waals surface area contributed by atoms with Crippen LogP contribution in [-0.4, -0.2) is 35.5 Å². The van der Waals surface area contributed by atoms with Crippen molar-refractivity contribution in [2.75, 3.05) is 18.5 Å². The quantitative estimate of drug-likeness (QED) is 0.938. The van der Waals surface area contributed by atoms with Gasteiger partial charge in [0.2, 0.25) is 11.7 Å². The summed E-state index contributed by atoms with van der Waals surface area (Å²) in [6.07, 6.45) is -2.75. The van der Waals surface area contributed by atoms with Crippen molar-refractivity contribution in [2.45, 2.75) is 25.1 Å². The summed E-state index contributed by atoms with van der Waals surface area (Å²) in [4.78, 5) is 20.5. The van der Waals surface area contributed by atoms with Crippen molar-refractivity contribution in [3.63, 3.8) is 0 Å². The number of para-hydroxylation sites is 1. The monoisotopic (exact) mass is 324 g/mol. The molecule has 8 heteroatoms. The Hall–Kier alpha value is -2.38. The second-order valence-electron chi connectivity index (χ2n) is 5.58. The predicted molar refractivity (Wildman–Crippen MR) is 79.0 cm³/mol. The summed E-state index contributed by atoms with van der Waals surface area (Å²) in [7, 11) is 1.54. The number of nitrogens with zero attached hydrogens (tertiary/aromatic N) is 3. The van der Waals surface area contributed by atoms with Crippen LogP contribution < -0.4 is 10.2 Å². The Morgan fingerprint density at radius 1 is 1.30 bits per heavy atom. The van der Waals surface area contributed by atoms with E-state index in [1.165, 1.54) is 11.0 Å². The van der Waals surface area contributed by atoms with Gasteiger partial charge in [-0.1, -0.05) is 12.1 Å². The number of rotatable bonds is 4. The van der Waals surface area contributed by atoms with Crippen LogP contribution in [0.15, 0.2) is 24.3 Å². The largest absolute Gasteiger partial charge is 0.451 e. The summed E-state index contributed by atoms with van der Waals surface area (Å²) >= 11 is 0. The normalized spacial score (nSPS) is 14.8. The first-order valence-electron chi connectivity index (χ1n) is 7.19. The summed E-state index contributed by atoms with van der Waals surface area (Å²) in [5.74, 6) is -1.35. The second kappa shape index (κ2) is 5.68. The molecule has 1 aliphatic carbocycles. The molecule has 23 heavy (non-hydrogen) atoms. The lowest BCUT2D eigenvalue weighted by atomic mass is 10.2. The number of halogens is 3. The molecule has 1 fully saturated rings. The van der Waals surface area contributed by atoms with Crippen LogP contribution in [-0.2, 0) is 11.0 Å². The maximum atomic E-state index is 13.0. The highest BCUT2D eigenvalue weighted by atomic mass is 19.4. The summed E-state index contributed by atoms with van der Waals surface area (Å²) in [5.41, 5.74) is 0.194. The maximum absolute atomic E-state index is 13.0. The van der Waals surface area contributed by atoms with Crippen LogP contribution in [0.3, 0.4) is 0 Å². The van der Waals surface area contributed by atoms with E-state index in [1.807, 2.05) is 0 Å². The first-order valence-corrected chi connectivity index (χ1v) is 7.19. The third-order valence-corrected chi connectivity index (χ3v) is 3.52. The first-order chi connectivity index (χ1) is 10.8. The molecule has 0 aliphatic heterocycles. The van der Waals surface area contributed by atoms with Crippen molar-refractivity contribution in [3.05, 3.63) is 30.1 Å². The zero-order valence-corrected chi connectivity index (χ0v) is 12.4. The van der Waals surface area contributed by atoms with E-state index in [0.717, 1.165) is 12.8 Å². The van der Waals surface area contributed by atoms with Gasteiger partial charge in [-0.25, -0.2) is 9.97 Å². The third kappa shape index (κ3) is 3.52. The van der Waals surface area contributed by atoms with Gasteiger partial charge < -0.3 is 10.2 Å². The molecule has 1 N–H and O–H groups in total. The molecule has 1 saturated carbocycles. The van der Waals surface area contributed by atoms with Gasteiger partial charge in [0, 0.05) is 18.5 Å². The van der Waals surface area contributed by atoms with Gasteiger partial charge in [-0.2, -0.15) is 13.2 Å². The second-order valence-corrected chi connectivity index (χ2v) is 5.58. The third-order valence-electron chi connectivity index (χ3n) is 3.52. The topological polar surface area (TPSA) is 58.1 Å². The van der Waals surface area contributed by atoms with Crippen molar-refractivity contribution < 1.29 is 18.0 Å². The van der Waals surface area contributed by atoms with Gasteiger partial charge >= 0.3 is 6.18 Å². The highest BCUT2D eigenvalue weighted by molar-refractivity contribution is 5.91. The Bertz CT molecular complexity index is 743. The number of alkyl halides is 3. The lowest BCUT2D eigenvalue weighted by molar-refractivity contribution is -0.144. The van der Waals surface area contributed by atoms with E-state index in [4.69, 9.17) is 0 Å². The van der Waals surface area contributed by atoms with Crippen LogP contribution in [0.25, 0.3) is 10.9 Å². The van der Waals surface area contributed by atoms with Crippen LogP contribution in [0.1, 0.15) is 18.7 Å². The molecule has 1 amide bonds. The molecular weight excluding hydrogens is 309 g/mol. The smallest absolute Gasteiger partial charge is 0.352 e. The van der Waals surface area contributed by atoms with E-state index in [2.05, 4.69) is 15.3 Å². The number of likely N-dealkylation sites (N-methyl/N-ethyl adjacent to an activating group) is 1. The van der Waals surface area contributed by atoms with Gasteiger partial charge in [-0.3, -0.25) is 4.79 Å². The van der Waals surface area contributed by atoms with Crippen molar-refractivity contribution in [2.24, 2.45) is 0 Å². The van der Waals surface area contributed by atoms with Crippen LogP contribution in [0.4, 0.5) is 19.0 Å². The number of hydrogen-bond donors (Lipinski definition) is 1. The summed E-state index contributed by atoms with van der Waals surface area (Å²) in [6.45, 7) is -0.0607. The molecule has 3 rings (SSSR count). The van der Waals surface area contributed by atoms with Gasteiger partial charge in [0.25, 0.3) is 0 Å². The van der Waals surface area contributed by atoms with E-state index in [-0.39, 0.29) is 29.8 Å². The fourth-order valence-electron chi connectivity index (χ4n) is 2.27. The van der Waals surface area contributed by atoms with Crippen molar-refractivity contribution in [3.8, 4) is 0 Å². The lowest BCUT2D eigenvalue weighted by Crippen LogP contribution is -2.37. The van der Waals surface area contributed by atoms with Crippen molar-refractivity contribution in [1.29, 1.82) is 0 Å². The number of nitrogens with one attached hydrogen (secondary N) is 1. The zero-order chi connectivity index (χ0) is 16.6. The maximum Gasteiger partial charge on any atom is 0.451 e. The molecule has 5 nitrogen and oxygen atoms in total. The van der Waals surface area contributed by atoms with Gasteiger partial charge in [0.15, 0.2) is 0 Å². The van der Waals surface area contributed by atoms with Gasteiger partial charge in [-0.15, -0.1) is 0 Å². The molecule has 0 bridgehead atoms. The number of carbonyl (C=O) groups excluding carboxylic acids is 1. The first kappa shape index (κ1) is 15.5. The molecule has 1 aromatic heterocycles. The van der Waals surface area contributed by atoms with Gasteiger partial charge in [0.05, 0.1) is 12.1 Å². The molecule has 1 heterocycles. The fourth-order valence-corrected chi connectivity index (χ4v) is 2.27. The Balaban J connectivity index is 1.95. The molecule has 0 saturated heterocycles. The molecule has 2 aromatic rings. The minimum Gasteiger partial charge on any atom is -0.352 e. The number of aromatic nitrogens is 2. The Labute approximate surface area is 130 Å². The average molecular weight is 324 g/mol. The van der Waals surface area contributed by atoms with Crippen LogP contribution in [0.5, 0.6) is 0 Å². The van der Waals surface area contributed by atoms with E-state index in [0.29, 0.717) is 5.39 Å². The number of amides is 1. The Morgan fingerprint density at radius 3 is 2.65 bits per heavy atom. The molecule has 122 valence electrons. The molecule has 0 unspecified atom stereocenters. The van der Waals surface area contributed by atoms with Crippen LogP contribution >= 0.6 is 0 Å². The molecule has 1 aliphatic rings. The lowest BCUT2D eigenvalue weighted by Gasteiger charge is -2.20. The van der Waals surface area contributed by atoms with Gasteiger partial charge in [-0.05, 0) is 25.0 Å². The summed E-state index contributed by atoms with van der Waals surface area (Å²) in [6, 6.07) is 6.64. The average Bonchev–Trinajstić information content (AvgIpc) is 3.28. The number of carbonyl (C=O) groups is 1. The molecule has 0 radical (unpaired) electrons. The summed E-state index contributed by atoms with van der Waals surface area (Å²) in [5, 5.41) is 3.28. The highest BCUT2D eigenvalue weighted by Crippen LogP contribution is 2.31. The van der Waals surface area contributed by atoms with Crippen LogP contribution in [0, 0.1) is 0 Å². The number of benzene rings is 1. The number of fused-ring (bicyclic) bond motifs is 1. The molecule has 1 aromatic carbocycles. The number of anilines is 1. The van der Waals surface area contributed by atoms with E-state index in [9.17, 15) is 18.0 Å². The minimum atomic E-state index is -4.64. The molecule has 0 spiro atoms. The van der Waals surface area contributed by atoms with E-state index >= 15 is 0 Å². The highest BCUT2D eigenvalue weighted by Gasteiger charge is 2.36. The minimum absolute atomic E-state index is 0.0607. The summed E-state index contributed by atoms with van der Waals surface area (Å²) < 4.78 is 38.9. The van der Waals surface area contributed by atoms with E-state index in [1.54, 1.807) is 25.2 Å². The zero-order valence-electron chi connectivity index (χ0n) is 12.4. The molecular formula is C15H15F3N4O. The van der Waals surface area contributed by atoms with Crippen molar-refractivity contribution in [1.82, 2.24) is 15.3 Å². The fraction of sp³-hybridized carbons (Fsp3) is 0.400. The Morgan fingerprint density at radius 2 is 2.00 bits per heavy atom. The van der Waals surface area contributed by atoms with Crippen molar-refractivity contribution >= 4 is 22.6 Å². The Kier molecular flexibility index (Phi) is 3.83. The predicted octanol–water partition coefficient (Wildman–Crippen LogP) is 2.36. The van der Waals surface area contributed by atoms with Gasteiger partial charge in [0.1, 0.15) is 5.82 Å². The van der Waals surface area contributed by atoms with Crippen LogP contribution in [0.2, 0.25) is 0 Å². The van der Waals surface area contributed by atoms with E-state index < -0.39 is 12.0 Å².